The fourth-order valence-corrected chi connectivity index (χ4v) is 3.53. The van der Waals surface area contributed by atoms with Gasteiger partial charge in [-0.2, -0.15) is 0 Å². The Kier molecular flexibility index (Phi) is 4.51. The van der Waals surface area contributed by atoms with E-state index in [4.69, 9.17) is 4.74 Å². The zero-order chi connectivity index (χ0) is 14.7. The molecule has 1 N–H and O–H groups in total. The summed E-state index contributed by atoms with van der Waals surface area (Å²) < 4.78 is 5.55. The smallest absolute Gasteiger partial charge is 0.147 e. The molecule has 1 aromatic carbocycles. The van der Waals surface area contributed by atoms with Gasteiger partial charge in [-0.3, -0.25) is 0 Å². The lowest BCUT2D eigenvalue weighted by molar-refractivity contribution is 0.357. The summed E-state index contributed by atoms with van der Waals surface area (Å²) in [6.07, 6.45) is 3.16. The number of nitrogens with zero attached hydrogens (tertiary/aromatic N) is 2. The number of fused-ring (bicyclic) bond motifs is 1. The lowest BCUT2D eigenvalue weighted by Crippen LogP contribution is -2.21. The number of aromatic nitrogens is 2. The number of nitrogens with one attached hydrogen (secondary N) is 1. The molecule has 0 spiro atoms. The first kappa shape index (κ1) is 14.5. The van der Waals surface area contributed by atoms with Crippen molar-refractivity contribution >= 4 is 11.3 Å². The summed E-state index contributed by atoms with van der Waals surface area (Å²) in [5.41, 5.74) is 2.42. The molecule has 1 aliphatic heterocycles. The van der Waals surface area contributed by atoms with Crippen LogP contribution < -0.4 is 10.1 Å². The molecule has 2 heterocycles. The molecule has 0 bridgehead atoms. The number of benzene rings is 1. The quantitative estimate of drug-likeness (QED) is 0.886. The Labute approximate surface area is 129 Å². The monoisotopic (exact) mass is 303 g/mol. The Morgan fingerprint density at radius 1 is 1.33 bits per heavy atom. The molecule has 0 aliphatic carbocycles. The third-order valence-electron chi connectivity index (χ3n) is 3.72. The van der Waals surface area contributed by atoms with Gasteiger partial charge in [0.2, 0.25) is 0 Å². The van der Waals surface area contributed by atoms with E-state index in [9.17, 15) is 0 Å². The van der Waals surface area contributed by atoms with Crippen LogP contribution in [-0.4, -0.2) is 23.3 Å². The molecular formula is C16H21N3OS. The Balaban J connectivity index is 1.81. The van der Waals surface area contributed by atoms with Gasteiger partial charge in [0, 0.05) is 12.0 Å². The topological polar surface area (TPSA) is 47.0 Å². The van der Waals surface area contributed by atoms with Crippen molar-refractivity contribution in [1.82, 2.24) is 15.5 Å². The lowest BCUT2D eigenvalue weighted by Gasteiger charge is -2.12. The van der Waals surface area contributed by atoms with Gasteiger partial charge in [-0.15, -0.1) is 10.2 Å². The molecule has 3 rings (SSSR count). The Morgan fingerprint density at radius 3 is 3.05 bits per heavy atom. The van der Waals surface area contributed by atoms with Crippen molar-refractivity contribution in [3.8, 4) is 16.3 Å². The van der Waals surface area contributed by atoms with Crippen LogP contribution in [0.3, 0.4) is 0 Å². The molecule has 4 nitrogen and oxygen atoms in total. The predicted molar refractivity (Wildman–Crippen MR) is 85.9 cm³/mol. The van der Waals surface area contributed by atoms with Crippen LogP contribution >= 0.6 is 11.3 Å². The fraction of sp³-hybridized carbons (Fsp3) is 0.500. The minimum absolute atomic E-state index is 0.314. The Bertz CT molecular complexity index is 611. The van der Waals surface area contributed by atoms with Crippen LogP contribution in [0.5, 0.6) is 5.75 Å². The second-order valence-electron chi connectivity index (χ2n) is 5.28. The third-order valence-corrected chi connectivity index (χ3v) is 4.81. The summed E-state index contributed by atoms with van der Waals surface area (Å²) >= 11 is 1.69. The average molecular weight is 303 g/mol. The summed E-state index contributed by atoms with van der Waals surface area (Å²) in [6.45, 7) is 6.17. The second kappa shape index (κ2) is 6.54. The first-order chi connectivity index (χ1) is 10.3. The highest BCUT2D eigenvalue weighted by molar-refractivity contribution is 7.14. The van der Waals surface area contributed by atoms with Crippen molar-refractivity contribution in [2.45, 2.75) is 39.2 Å². The van der Waals surface area contributed by atoms with Crippen LogP contribution in [0.2, 0.25) is 0 Å². The highest BCUT2D eigenvalue weighted by atomic mass is 32.1. The van der Waals surface area contributed by atoms with E-state index in [0.717, 1.165) is 53.7 Å². The molecule has 112 valence electrons. The van der Waals surface area contributed by atoms with Crippen molar-refractivity contribution in [3.05, 3.63) is 28.8 Å². The molecule has 0 saturated heterocycles. The van der Waals surface area contributed by atoms with Crippen molar-refractivity contribution in [2.75, 3.05) is 13.2 Å². The van der Waals surface area contributed by atoms with E-state index in [1.54, 1.807) is 11.3 Å². The summed E-state index contributed by atoms with van der Waals surface area (Å²) in [4.78, 5) is 0. The van der Waals surface area contributed by atoms with Crippen LogP contribution in [0.25, 0.3) is 10.6 Å². The molecule has 1 atom stereocenters. The first-order valence-corrected chi connectivity index (χ1v) is 8.46. The normalized spacial score (nSPS) is 14.8. The highest BCUT2D eigenvalue weighted by Crippen LogP contribution is 2.33. The van der Waals surface area contributed by atoms with Crippen molar-refractivity contribution in [2.24, 2.45) is 0 Å². The first-order valence-electron chi connectivity index (χ1n) is 7.64. The van der Waals surface area contributed by atoms with Gasteiger partial charge < -0.3 is 10.1 Å². The zero-order valence-electron chi connectivity index (χ0n) is 12.6. The lowest BCUT2D eigenvalue weighted by atomic mass is 10.1. The largest absolute Gasteiger partial charge is 0.493 e. The highest BCUT2D eigenvalue weighted by Gasteiger charge is 2.17. The van der Waals surface area contributed by atoms with Crippen LogP contribution in [0.1, 0.15) is 43.3 Å². The predicted octanol–water partition coefficient (Wildman–Crippen LogP) is 3.59. The maximum absolute atomic E-state index is 5.55. The SMILES string of the molecule is CCCNC(CC)c1nnc(-c2ccc3c(c2)CCO3)s1. The van der Waals surface area contributed by atoms with E-state index in [2.05, 4.69) is 41.5 Å². The summed E-state index contributed by atoms with van der Waals surface area (Å²) in [5, 5.41) is 14.4. The number of ether oxygens (including phenoxy) is 1. The van der Waals surface area contributed by atoms with Crippen molar-refractivity contribution in [3.63, 3.8) is 0 Å². The number of rotatable bonds is 6. The van der Waals surface area contributed by atoms with E-state index in [1.165, 1.54) is 5.56 Å². The minimum Gasteiger partial charge on any atom is -0.493 e. The van der Waals surface area contributed by atoms with Gasteiger partial charge in [0.25, 0.3) is 0 Å². The molecule has 0 radical (unpaired) electrons. The third kappa shape index (κ3) is 3.09. The van der Waals surface area contributed by atoms with E-state index in [-0.39, 0.29) is 0 Å². The van der Waals surface area contributed by atoms with Crippen LogP contribution in [0.4, 0.5) is 0 Å². The molecule has 1 aromatic heterocycles. The van der Waals surface area contributed by atoms with Crippen LogP contribution in [-0.2, 0) is 6.42 Å². The number of hydrogen-bond acceptors (Lipinski definition) is 5. The van der Waals surface area contributed by atoms with Gasteiger partial charge in [-0.05, 0) is 43.1 Å². The molecule has 5 heteroatoms. The van der Waals surface area contributed by atoms with Crippen molar-refractivity contribution in [1.29, 1.82) is 0 Å². The maximum Gasteiger partial charge on any atom is 0.147 e. The van der Waals surface area contributed by atoms with Gasteiger partial charge in [-0.1, -0.05) is 25.2 Å². The van der Waals surface area contributed by atoms with Crippen LogP contribution in [0, 0.1) is 0 Å². The van der Waals surface area contributed by atoms with Crippen LogP contribution in [0.15, 0.2) is 18.2 Å². The number of hydrogen-bond donors (Lipinski definition) is 1. The van der Waals surface area contributed by atoms with Gasteiger partial charge >= 0.3 is 0 Å². The molecule has 0 saturated carbocycles. The summed E-state index contributed by atoms with van der Waals surface area (Å²) in [5.74, 6) is 1.01. The van der Waals surface area contributed by atoms with Gasteiger partial charge in [-0.25, -0.2) is 0 Å². The molecule has 0 fully saturated rings. The van der Waals surface area contributed by atoms with E-state index < -0.39 is 0 Å². The maximum atomic E-state index is 5.55. The molecule has 2 aromatic rings. The van der Waals surface area contributed by atoms with E-state index in [1.807, 2.05) is 6.07 Å². The minimum atomic E-state index is 0.314. The van der Waals surface area contributed by atoms with Gasteiger partial charge in [0.15, 0.2) is 0 Å². The fourth-order valence-electron chi connectivity index (χ4n) is 2.54. The Morgan fingerprint density at radius 2 is 2.24 bits per heavy atom. The van der Waals surface area contributed by atoms with Gasteiger partial charge in [0.1, 0.15) is 15.8 Å². The Hall–Kier alpha value is -1.46. The summed E-state index contributed by atoms with van der Waals surface area (Å²) in [6, 6.07) is 6.63. The molecular weight excluding hydrogens is 282 g/mol. The van der Waals surface area contributed by atoms with E-state index in [0.29, 0.717) is 6.04 Å². The molecule has 1 unspecified atom stereocenters. The summed E-state index contributed by atoms with van der Waals surface area (Å²) in [7, 11) is 0. The molecule has 1 aliphatic rings. The second-order valence-corrected chi connectivity index (χ2v) is 6.29. The van der Waals surface area contributed by atoms with Crippen molar-refractivity contribution < 1.29 is 4.74 Å². The van der Waals surface area contributed by atoms with E-state index >= 15 is 0 Å². The molecule has 21 heavy (non-hydrogen) atoms. The standard InChI is InChI=1S/C16H21N3OS/c1-3-8-17-13(4-2)16-19-18-15(21-16)12-5-6-14-11(10-12)7-9-20-14/h5-6,10,13,17H,3-4,7-9H2,1-2H3. The average Bonchev–Trinajstić information content (AvgIpc) is 3.16. The van der Waals surface area contributed by atoms with Gasteiger partial charge in [0.05, 0.1) is 12.6 Å². The molecule has 0 amide bonds. The zero-order valence-corrected chi connectivity index (χ0v) is 13.4.